The van der Waals surface area contributed by atoms with Crippen LogP contribution in [0.25, 0.3) is 0 Å². The lowest BCUT2D eigenvalue weighted by Gasteiger charge is -2.58. The Morgan fingerprint density at radius 1 is 1.16 bits per heavy atom. The maximum Gasteiger partial charge on any atom is 0.302 e. The van der Waals surface area contributed by atoms with Gasteiger partial charge in [-0.05, 0) is 80.8 Å². The van der Waals surface area contributed by atoms with Crippen LogP contribution in [0.15, 0.2) is 47.1 Å². The highest BCUT2D eigenvalue weighted by molar-refractivity contribution is 6.20. The molecule has 172 valence electrons. The second kappa shape index (κ2) is 8.61. The molecule has 0 radical (unpaired) electrons. The van der Waals surface area contributed by atoms with Gasteiger partial charge in [0, 0.05) is 23.5 Å². The number of hydrogen-bond donors (Lipinski definition) is 0. The molecule has 0 aromatic heterocycles. The summed E-state index contributed by atoms with van der Waals surface area (Å²) < 4.78 is 5.52. The summed E-state index contributed by atoms with van der Waals surface area (Å²) in [5, 5.41) is 0. The van der Waals surface area contributed by atoms with Gasteiger partial charge in [-0.15, -0.1) is 0 Å². The lowest BCUT2D eigenvalue weighted by molar-refractivity contribution is -0.152. The smallest absolute Gasteiger partial charge is 0.302 e. The Kier molecular flexibility index (Phi) is 6.17. The van der Waals surface area contributed by atoms with E-state index in [4.69, 9.17) is 4.74 Å². The molecular weight excluding hydrogens is 400 g/mol. The van der Waals surface area contributed by atoms with Gasteiger partial charge in [0.15, 0.2) is 11.6 Å². The van der Waals surface area contributed by atoms with Gasteiger partial charge in [0.1, 0.15) is 0 Å². The monoisotopic (exact) mass is 436 g/mol. The van der Waals surface area contributed by atoms with Crippen molar-refractivity contribution in [2.45, 2.75) is 78.6 Å². The van der Waals surface area contributed by atoms with E-state index in [1.807, 2.05) is 0 Å². The maximum atomic E-state index is 12.3. The molecule has 4 aliphatic rings. The molecule has 4 aliphatic carbocycles. The van der Waals surface area contributed by atoms with Crippen molar-refractivity contribution < 1.29 is 19.1 Å². The minimum Gasteiger partial charge on any atom is -0.465 e. The first-order valence-electron chi connectivity index (χ1n) is 12.1. The Morgan fingerprint density at radius 2 is 1.88 bits per heavy atom. The van der Waals surface area contributed by atoms with Gasteiger partial charge in [0.2, 0.25) is 0 Å². The number of fused-ring (bicyclic) bond motifs is 1. The zero-order valence-corrected chi connectivity index (χ0v) is 19.8. The van der Waals surface area contributed by atoms with Crippen LogP contribution in [-0.4, -0.2) is 24.1 Å². The molecule has 0 N–H and O–H groups in total. The minimum absolute atomic E-state index is 0.00665. The van der Waals surface area contributed by atoms with E-state index in [0.717, 1.165) is 38.5 Å². The maximum absolute atomic E-state index is 12.3. The van der Waals surface area contributed by atoms with Crippen LogP contribution < -0.4 is 0 Å². The average molecular weight is 437 g/mol. The fourth-order valence-electron chi connectivity index (χ4n) is 7.19. The Bertz CT molecular complexity index is 948. The van der Waals surface area contributed by atoms with Crippen LogP contribution in [0.2, 0.25) is 0 Å². The van der Waals surface area contributed by atoms with Crippen molar-refractivity contribution in [1.82, 2.24) is 0 Å². The van der Waals surface area contributed by atoms with Crippen molar-refractivity contribution in [2.24, 2.45) is 22.7 Å². The van der Waals surface area contributed by atoms with Crippen LogP contribution in [0, 0.1) is 22.7 Å². The van der Waals surface area contributed by atoms with Crippen LogP contribution >= 0.6 is 0 Å². The zero-order valence-electron chi connectivity index (χ0n) is 19.8. The molecule has 0 saturated heterocycles. The van der Waals surface area contributed by atoms with E-state index in [1.165, 1.54) is 36.6 Å². The Hall–Kier alpha value is -2.23. The lowest BCUT2D eigenvalue weighted by atomic mass is 9.46. The summed E-state index contributed by atoms with van der Waals surface area (Å²) in [4.78, 5) is 35.9. The molecule has 0 unspecified atom stereocenters. The number of esters is 1. The third-order valence-corrected chi connectivity index (χ3v) is 8.85. The number of rotatable bonds is 5. The van der Waals surface area contributed by atoms with E-state index in [-0.39, 0.29) is 28.4 Å². The highest BCUT2D eigenvalue weighted by atomic mass is 16.5. The molecule has 4 heteroatoms. The molecule has 0 spiro atoms. The molecule has 4 rings (SSSR count). The Labute approximate surface area is 191 Å². The van der Waals surface area contributed by atoms with E-state index in [0.29, 0.717) is 42.4 Å². The third-order valence-electron chi connectivity index (χ3n) is 8.85. The van der Waals surface area contributed by atoms with E-state index >= 15 is 0 Å². The highest BCUT2D eigenvalue weighted by Crippen LogP contribution is 2.62. The van der Waals surface area contributed by atoms with Crippen molar-refractivity contribution in [2.75, 3.05) is 6.61 Å². The zero-order chi connectivity index (χ0) is 23.1. The van der Waals surface area contributed by atoms with E-state index in [1.54, 1.807) is 0 Å². The summed E-state index contributed by atoms with van der Waals surface area (Å²) in [6, 6.07) is 0. The predicted molar refractivity (Wildman–Crippen MR) is 125 cm³/mol. The van der Waals surface area contributed by atoms with Crippen LogP contribution in [-0.2, 0) is 19.1 Å². The minimum atomic E-state index is -0.196. The molecule has 2 fully saturated rings. The van der Waals surface area contributed by atoms with Crippen molar-refractivity contribution in [3.8, 4) is 0 Å². The summed E-state index contributed by atoms with van der Waals surface area (Å²) in [6.07, 6.45) is 13.7. The Balaban J connectivity index is 1.48. The summed E-state index contributed by atoms with van der Waals surface area (Å²) >= 11 is 0. The van der Waals surface area contributed by atoms with E-state index < -0.39 is 0 Å². The normalized spacial score (nSPS) is 34.7. The van der Waals surface area contributed by atoms with Gasteiger partial charge in [-0.25, -0.2) is 0 Å². The quantitative estimate of drug-likeness (QED) is 0.309. The molecule has 32 heavy (non-hydrogen) atoms. The number of allylic oxidation sites excluding steroid dienone is 7. The SMILES string of the molecule is C=C1CC[C@H]2[C@@](C)(COC(C)=O)CCC[C@]2(C)[C@H]1CCC1=CCC2=C(C1)C(=O)C=CC2=O. The molecule has 0 bridgehead atoms. The fraction of sp³-hybridized carbons (Fsp3) is 0.607. The standard InChI is InChI=1S/C28H36O4/c1-18-6-13-26-27(3,17-32-19(2)29)14-5-15-28(26,4)23(18)10-8-20-7-9-21-22(16-20)25(31)12-11-24(21)30/h7,11-12,23,26H,1,5-6,8-10,13-17H2,2-4H3/t23-,26-,27+,28+/m0/s1. The van der Waals surface area contributed by atoms with Gasteiger partial charge in [0.25, 0.3) is 0 Å². The predicted octanol–water partition coefficient (Wildman–Crippen LogP) is 5.83. The molecule has 2 saturated carbocycles. The van der Waals surface area contributed by atoms with Gasteiger partial charge < -0.3 is 4.74 Å². The van der Waals surface area contributed by atoms with Crippen molar-refractivity contribution in [3.63, 3.8) is 0 Å². The van der Waals surface area contributed by atoms with Crippen molar-refractivity contribution in [3.05, 3.63) is 47.1 Å². The van der Waals surface area contributed by atoms with Gasteiger partial charge in [-0.2, -0.15) is 0 Å². The van der Waals surface area contributed by atoms with Gasteiger partial charge in [0.05, 0.1) is 6.61 Å². The molecule has 4 atom stereocenters. The average Bonchev–Trinajstić information content (AvgIpc) is 2.74. The molecule has 0 aromatic rings. The van der Waals surface area contributed by atoms with E-state index in [9.17, 15) is 14.4 Å². The number of carbonyl (C=O) groups excluding carboxylic acids is 3. The first kappa shape index (κ1) is 22.9. The molecule has 4 nitrogen and oxygen atoms in total. The first-order chi connectivity index (χ1) is 15.1. The Morgan fingerprint density at radius 3 is 2.59 bits per heavy atom. The second-order valence-electron chi connectivity index (χ2n) is 10.9. The number of carbonyl (C=O) groups is 3. The molecule has 0 heterocycles. The van der Waals surface area contributed by atoms with Crippen molar-refractivity contribution in [1.29, 1.82) is 0 Å². The number of hydrogen-bond acceptors (Lipinski definition) is 4. The first-order valence-corrected chi connectivity index (χ1v) is 12.1. The molecule has 0 amide bonds. The molecule has 0 aliphatic heterocycles. The highest BCUT2D eigenvalue weighted by Gasteiger charge is 2.54. The van der Waals surface area contributed by atoms with Crippen LogP contribution in [0.4, 0.5) is 0 Å². The van der Waals surface area contributed by atoms with Gasteiger partial charge >= 0.3 is 5.97 Å². The molecular formula is C28H36O4. The second-order valence-corrected chi connectivity index (χ2v) is 10.9. The van der Waals surface area contributed by atoms with Crippen molar-refractivity contribution >= 4 is 17.5 Å². The lowest BCUT2D eigenvalue weighted by Crippen LogP contribution is -2.52. The molecule has 0 aromatic carbocycles. The summed E-state index contributed by atoms with van der Waals surface area (Å²) in [5.41, 5.74) is 4.18. The van der Waals surface area contributed by atoms with Gasteiger partial charge in [-0.1, -0.05) is 44.1 Å². The number of ether oxygens (including phenoxy) is 1. The van der Waals surface area contributed by atoms with Gasteiger partial charge in [-0.3, -0.25) is 14.4 Å². The summed E-state index contributed by atoms with van der Waals surface area (Å²) in [7, 11) is 0. The van der Waals surface area contributed by atoms with Crippen LogP contribution in [0.3, 0.4) is 0 Å². The largest absolute Gasteiger partial charge is 0.465 e. The van der Waals surface area contributed by atoms with E-state index in [2.05, 4.69) is 26.5 Å². The fourth-order valence-corrected chi connectivity index (χ4v) is 7.19. The topological polar surface area (TPSA) is 60.4 Å². The third kappa shape index (κ3) is 4.09. The summed E-state index contributed by atoms with van der Waals surface area (Å²) in [6.45, 7) is 11.2. The number of ketones is 2. The van der Waals surface area contributed by atoms with Crippen LogP contribution in [0.5, 0.6) is 0 Å². The van der Waals surface area contributed by atoms with Crippen LogP contribution in [0.1, 0.15) is 78.6 Å². The summed E-state index contributed by atoms with van der Waals surface area (Å²) in [5.74, 6) is 0.723.